The van der Waals surface area contributed by atoms with Gasteiger partial charge in [0.1, 0.15) is 12.7 Å². The molecule has 0 amide bonds. The molecule has 7 heteroatoms. The van der Waals surface area contributed by atoms with Crippen molar-refractivity contribution in [3.63, 3.8) is 0 Å². The summed E-state index contributed by atoms with van der Waals surface area (Å²) in [6, 6.07) is 2.83. The van der Waals surface area contributed by atoms with Gasteiger partial charge in [-0.15, -0.1) is 0 Å². The van der Waals surface area contributed by atoms with E-state index in [1.807, 2.05) is 0 Å². The Morgan fingerprint density at radius 3 is 2.42 bits per heavy atom. The van der Waals surface area contributed by atoms with Gasteiger partial charge in [-0.1, -0.05) is 0 Å². The summed E-state index contributed by atoms with van der Waals surface area (Å²) in [6.45, 7) is -0.808. The van der Waals surface area contributed by atoms with Crippen LogP contribution in [0.2, 0.25) is 0 Å². The Morgan fingerprint density at radius 1 is 1.32 bits per heavy atom. The number of benzene rings is 1. The number of hydrogen-bond acceptors (Lipinski definition) is 7. The van der Waals surface area contributed by atoms with Crippen LogP contribution in [0.1, 0.15) is 10.4 Å². The molecule has 0 heterocycles. The molecule has 0 saturated carbocycles. The van der Waals surface area contributed by atoms with Crippen molar-refractivity contribution in [2.45, 2.75) is 6.10 Å². The Morgan fingerprint density at radius 2 is 1.89 bits per heavy atom. The minimum atomic E-state index is -1.12. The highest BCUT2D eigenvalue weighted by atomic mass is 16.5. The van der Waals surface area contributed by atoms with Crippen molar-refractivity contribution in [2.75, 3.05) is 33.2 Å². The van der Waals surface area contributed by atoms with Crippen LogP contribution in [0, 0.1) is 0 Å². The van der Waals surface area contributed by atoms with Gasteiger partial charge >= 0.3 is 5.97 Å². The molecule has 7 nitrogen and oxygen atoms in total. The molecule has 0 aliphatic carbocycles. The fourth-order valence-electron chi connectivity index (χ4n) is 1.37. The minimum absolute atomic E-state index is 0.0998. The van der Waals surface area contributed by atoms with Crippen molar-refractivity contribution < 1.29 is 29.2 Å². The highest BCUT2D eigenvalue weighted by molar-refractivity contribution is 5.96. The van der Waals surface area contributed by atoms with E-state index in [4.69, 9.17) is 30.2 Å². The molecular formula is C12H17NO6. The van der Waals surface area contributed by atoms with Crippen molar-refractivity contribution in [2.24, 2.45) is 0 Å². The molecule has 1 aromatic rings. The molecule has 1 aromatic carbocycles. The van der Waals surface area contributed by atoms with E-state index in [-0.39, 0.29) is 17.9 Å². The lowest BCUT2D eigenvalue weighted by Gasteiger charge is -2.13. The molecule has 19 heavy (non-hydrogen) atoms. The Balaban J connectivity index is 2.90. The second kappa shape index (κ2) is 6.81. The molecule has 1 rings (SSSR count). The molecule has 0 fully saturated rings. The van der Waals surface area contributed by atoms with Crippen molar-refractivity contribution in [1.82, 2.24) is 0 Å². The molecule has 0 aliphatic heterocycles. The van der Waals surface area contributed by atoms with E-state index < -0.39 is 18.7 Å². The number of rotatable bonds is 6. The number of nitrogens with two attached hydrogens (primary N) is 1. The number of methoxy groups -OCH3 is 2. The van der Waals surface area contributed by atoms with E-state index in [1.54, 1.807) is 0 Å². The summed E-state index contributed by atoms with van der Waals surface area (Å²) in [5, 5.41) is 17.7. The quantitative estimate of drug-likeness (QED) is 0.485. The molecule has 106 valence electrons. The third-order valence-corrected chi connectivity index (χ3v) is 2.39. The summed E-state index contributed by atoms with van der Waals surface area (Å²) in [7, 11) is 2.88. The number of aliphatic hydroxyl groups excluding tert-OH is 2. The Kier molecular flexibility index (Phi) is 5.40. The van der Waals surface area contributed by atoms with Crippen LogP contribution in [0.3, 0.4) is 0 Å². The zero-order valence-electron chi connectivity index (χ0n) is 10.8. The average molecular weight is 271 g/mol. The zero-order valence-corrected chi connectivity index (χ0v) is 10.8. The minimum Gasteiger partial charge on any atom is -0.493 e. The van der Waals surface area contributed by atoms with Crippen LogP contribution in [0.5, 0.6) is 11.5 Å². The molecule has 0 aromatic heterocycles. The average Bonchev–Trinajstić information content (AvgIpc) is 2.43. The number of nitrogen functional groups attached to an aromatic ring is 1. The van der Waals surface area contributed by atoms with Crippen LogP contribution in [0.15, 0.2) is 12.1 Å². The van der Waals surface area contributed by atoms with Gasteiger partial charge in [0, 0.05) is 12.1 Å². The molecule has 1 atom stereocenters. The fourth-order valence-corrected chi connectivity index (χ4v) is 1.37. The first-order valence-corrected chi connectivity index (χ1v) is 5.51. The molecular weight excluding hydrogens is 254 g/mol. The van der Waals surface area contributed by atoms with Crippen LogP contribution in [-0.2, 0) is 4.74 Å². The molecule has 0 bridgehead atoms. The molecule has 4 N–H and O–H groups in total. The monoisotopic (exact) mass is 271 g/mol. The predicted octanol–water partition coefficient (Wildman–Crippen LogP) is -0.204. The van der Waals surface area contributed by atoms with Crippen LogP contribution in [0.25, 0.3) is 0 Å². The Labute approximate surface area is 110 Å². The van der Waals surface area contributed by atoms with Gasteiger partial charge in [0.15, 0.2) is 11.5 Å². The molecule has 1 unspecified atom stereocenters. The number of ether oxygens (including phenoxy) is 3. The van der Waals surface area contributed by atoms with Gasteiger partial charge in [0.05, 0.1) is 32.1 Å². The molecule has 0 radical (unpaired) electrons. The summed E-state index contributed by atoms with van der Waals surface area (Å²) >= 11 is 0. The SMILES string of the molecule is COc1cc(N)c(C(=O)OCC(O)CO)cc1OC. The summed E-state index contributed by atoms with van der Waals surface area (Å²) in [5.41, 5.74) is 5.98. The fraction of sp³-hybridized carbons (Fsp3) is 0.417. The second-order valence-electron chi connectivity index (χ2n) is 3.73. The van der Waals surface area contributed by atoms with Crippen molar-refractivity contribution in [1.29, 1.82) is 0 Å². The van der Waals surface area contributed by atoms with Crippen molar-refractivity contribution in [3.8, 4) is 11.5 Å². The lowest BCUT2D eigenvalue weighted by Crippen LogP contribution is -2.22. The number of carbonyl (C=O) groups is 1. The van der Waals surface area contributed by atoms with Gasteiger partial charge in [0.2, 0.25) is 0 Å². The molecule has 0 aliphatic rings. The predicted molar refractivity (Wildman–Crippen MR) is 67.3 cm³/mol. The first-order valence-electron chi connectivity index (χ1n) is 5.51. The lowest BCUT2D eigenvalue weighted by atomic mass is 10.1. The van der Waals surface area contributed by atoms with E-state index in [0.717, 1.165) is 0 Å². The first kappa shape index (κ1) is 15.1. The van der Waals surface area contributed by atoms with Gasteiger partial charge in [-0.2, -0.15) is 0 Å². The van der Waals surface area contributed by atoms with Gasteiger partial charge in [0.25, 0.3) is 0 Å². The van der Waals surface area contributed by atoms with Gasteiger partial charge in [-0.05, 0) is 0 Å². The van der Waals surface area contributed by atoms with Crippen molar-refractivity contribution >= 4 is 11.7 Å². The third-order valence-electron chi connectivity index (χ3n) is 2.39. The third kappa shape index (κ3) is 3.73. The van der Waals surface area contributed by atoms with E-state index in [1.165, 1.54) is 26.4 Å². The maximum Gasteiger partial charge on any atom is 0.340 e. The smallest absolute Gasteiger partial charge is 0.340 e. The number of aliphatic hydroxyl groups is 2. The van der Waals surface area contributed by atoms with Crippen LogP contribution < -0.4 is 15.2 Å². The topological polar surface area (TPSA) is 111 Å². The molecule has 0 saturated heterocycles. The summed E-state index contributed by atoms with van der Waals surface area (Å²) in [6.07, 6.45) is -1.12. The normalized spacial score (nSPS) is 11.8. The Bertz CT molecular complexity index is 448. The van der Waals surface area contributed by atoms with Crippen molar-refractivity contribution in [3.05, 3.63) is 17.7 Å². The van der Waals surface area contributed by atoms with Gasteiger partial charge < -0.3 is 30.2 Å². The van der Waals surface area contributed by atoms with E-state index in [9.17, 15) is 4.79 Å². The van der Waals surface area contributed by atoms with E-state index in [2.05, 4.69) is 0 Å². The van der Waals surface area contributed by atoms with E-state index in [0.29, 0.717) is 11.5 Å². The number of hydrogen-bond donors (Lipinski definition) is 3. The molecule has 0 spiro atoms. The first-order chi connectivity index (χ1) is 9.03. The summed E-state index contributed by atoms with van der Waals surface area (Å²) < 4.78 is 14.9. The van der Waals surface area contributed by atoms with Crippen LogP contribution in [-0.4, -0.2) is 49.7 Å². The number of anilines is 1. The van der Waals surface area contributed by atoms with Gasteiger partial charge in [-0.25, -0.2) is 4.79 Å². The highest BCUT2D eigenvalue weighted by Gasteiger charge is 2.17. The highest BCUT2D eigenvalue weighted by Crippen LogP contribution is 2.32. The zero-order chi connectivity index (χ0) is 14.4. The second-order valence-corrected chi connectivity index (χ2v) is 3.73. The number of esters is 1. The Hall–Kier alpha value is -1.99. The lowest BCUT2D eigenvalue weighted by molar-refractivity contribution is 0.00939. The number of carbonyl (C=O) groups excluding carboxylic acids is 1. The van der Waals surface area contributed by atoms with E-state index >= 15 is 0 Å². The summed E-state index contributed by atoms with van der Waals surface area (Å²) in [5.74, 6) is 0.0178. The largest absolute Gasteiger partial charge is 0.493 e. The maximum atomic E-state index is 11.8. The van der Waals surface area contributed by atoms with Gasteiger partial charge in [-0.3, -0.25) is 0 Å². The maximum absolute atomic E-state index is 11.8. The summed E-state index contributed by atoms with van der Waals surface area (Å²) in [4.78, 5) is 11.8. The van der Waals surface area contributed by atoms with Crippen LogP contribution >= 0.6 is 0 Å². The van der Waals surface area contributed by atoms with Crippen LogP contribution in [0.4, 0.5) is 5.69 Å². The standard InChI is InChI=1S/C12H17NO6/c1-17-10-3-8(9(13)4-11(10)18-2)12(16)19-6-7(15)5-14/h3-4,7,14-15H,5-6,13H2,1-2H3.